The quantitative estimate of drug-likeness (QED) is 0.780. The lowest BCUT2D eigenvalue weighted by molar-refractivity contribution is 0.245. The molecule has 1 aliphatic heterocycles. The van der Waals surface area contributed by atoms with Gasteiger partial charge in [0.05, 0.1) is 11.6 Å². The van der Waals surface area contributed by atoms with E-state index < -0.39 is 23.5 Å². The summed E-state index contributed by atoms with van der Waals surface area (Å²) in [7, 11) is 0. The highest BCUT2D eigenvalue weighted by molar-refractivity contribution is 5.88. The Balaban J connectivity index is 1.64. The molecular weight excluding hydrogens is 397 g/mol. The Morgan fingerprint density at radius 3 is 2.47 bits per heavy atom. The van der Waals surface area contributed by atoms with Gasteiger partial charge in [-0.3, -0.25) is 10.2 Å². The van der Waals surface area contributed by atoms with Gasteiger partial charge in [-0.25, -0.2) is 22.9 Å². The average molecular weight is 418 g/mol. The molecule has 2 heterocycles. The first-order valence-corrected chi connectivity index (χ1v) is 9.47. The number of piperazine rings is 1. The SMILES string of the molecule is CCNC(=O)Nc1nccc(CN2CCN(c3c(F)cc(C#N)cc3F)CC2)c1F. The van der Waals surface area contributed by atoms with E-state index in [1.807, 2.05) is 4.90 Å². The number of rotatable bonds is 5. The van der Waals surface area contributed by atoms with Crippen LogP contribution in [0.1, 0.15) is 18.1 Å². The van der Waals surface area contributed by atoms with E-state index in [2.05, 4.69) is 15.6 Å². The first-order valence-electron chi connectivity index (χ1n) is 9.47. The van der Waals surface area contributed by atoms with Gasteiger partial charge in [0.2, 0.25) is 0 Å². The predicted octanol–water partition coefficient (Wildman–Crippen LogP) is 2.83. The Morgan fingerprint density at radius 1 is 1.20 bits per heavy atom. The van der Waals surface area contributed by atoms with Gasteiger partial charge in [-0.1, -0.05) is 0 Å². The van der Waals surface area contributed by atoms with Crippen LogP contribution in [0.25, 0.3) is 0 Å². The molecule has 0 saturated carbocycles. The second-order valence-corrected chi connectivity index (χ2v) is 6.78. The van der Waals surface area contributed by atoms with Crippen molar-refractivity contribution in [2.75, 3.05) is 42.9 Å². The second kappa shape index (κ2) is 9.45. The molecule has 0 radical (unpaired) electrons. The van der Waals surface area contributed by atoms with Crippen LogP contribution < -0.4 is 15.5 Å². The highest BCUT2D eigenvalue weighted by Gasteiger charge is 2.24. The van der Waals surface area contributed by atoms with E-state index in [0.717, 1.165) is 12.1 Å². The molecule has 0 unspecified atom stereocenters. The average Bonchev–Trinajstić information content (AvgIpc) is 2.71. The normalized spacial score (nSPS) is 14.3. The van der Waals surface area contributed by atoms with Gasteiger partial charge < -0.3 is 10.2 Å². The molecule has 0 atom stereocenters. The van der Waals surface area contributed by atoms with Gasteiger partial charge >= 0.3 is 6.03 Å². The van der Waals surface area contributed by atoms with E-state index in [0.29, 0.717) is 38.3 Å². The van der Waals surface area contributed by atoms with E-state index in [9.17, 15) is 18.0 Å². The third-order valence-corrected chi connectivity index (χ3v) is 4.77. The molecule has 0 bridgehead atoms. The topological polar surface area (TPSA) is 84.3 Å². The lowest BCUT2D eigenvalue weighted by Crippen LogP contribution is -2.46. The second-order valence-electron chi connectivity index (χ2n) is 6.78. The highest BCUT2D eigenvalue weighted by atomic mass is 19.1. The van der Waals surface area contributed by atoms with Crippen LogP contribution in [0.15, 0.2) is 24.4 Å². The van der Waals surface area contributed by atoms with Gasteiger partial charge in [-0.2, -0.15) is 5.26 Å². The summed E-state index contributed by atoms with van der Waals surface area (Å²) >= 11 is 0. The van der Waals surface area contributed by atoms with Gasteiger partial charge in [0.1, 0.15) is 5.69 Å². The number of nitrogens with one attached hydrogen (secondary N) is 2. The van der Waals surface area contributed by atoms with E-state index in [1.165, 1.54) is 12.3 Å². The Hall–Kier alpha value is -3.32. The van der Waals surface area contributed by atoms with Crippen LogP contribution in [-0.4, -0.2) is 48.6 Å². The fourth-order valence-corrected chi connectivity index (χ4v) is 3.31. The number of benzene rings is 1. The van der Waals surface area contributed by atoms with Crippen LogP contribution in [0, 0.1) is 28.8 Å². The van der Waals surface area contributed by atoms with Crippen molar-refractivity contribution < 1.29 is 18.0 Å². The van der Waals surface area contributed by atoms with Crippen LogP contribution in [-0.2, 0) is 6.54 Å². The molecule has 2 amide bonds. The zero-order valence-electron chi connectivity index (χ0n) is 16.4. The maximum atomic E-state index is 14.7. The summed E-state index contributed by atoms with van der Waals surface area (Å²) in [4.78, 5) is 19.0. The van der Waals surface area contributed by atoms with Crippen molar-refractivity contribution >= 4 is 17.5 Å². The first-order chi connectivity index (χ1) is 14.4. The molecular formula is C20H21F3N6O. The molecule has 30 heavy (non-hydrogen) atoms. The summed E-state index contributed by atoms with van der Waals surface area (Å²) in [6, 6.07) is 4.74. The Kier molecular flexibility index (Phi) is 6.74. The van der Waals surface area contributed by atoms with Gasteiger partial charge in [0.25, 0.3) is 0 Å². The van der Waals surface area contributed by atoms with Crippen molar-refractivity contribution in [1.29, 1.82) is 5.26 Å². The highest BCUT2D eigenvalue weighted by Crippen LogP contribution is 2.26. The van der Waals surface area contributed by atoms with Crippen molar-refractivity contribution in [2.45, 2.75) is 13.5 Å². The minimum absolute atomic E-state index is 0.0717. The van der Waals surface area contributed by atoms with E-state index >= 15 is 0 Å². The van der Waals surface area contributed by atoms with Crippen molar-refractivity contribution in [3.63, 3.8) is 0 Å². The number of nitriles is 1. The molecule has 2 N–H and O–H groups in total. The van der Waals surface area contributed by atoms with Crippen LogP contribution in [0.3, 0.4) is 0 Å². The number of anilines is 2. The summed E-state index contributed by atoms with van der Waals surface area (Å²) in [6.45, 7) is 4.02. The zero-order valence-corrected chi connectivity index (χ0v) is 16.4. The molecule has 1 fully saturated rings. The molecule has 1 aromatic carbocycles. The van der Waals surface area contributed by atoms with Gasteiger partial charge in [0, 0.05) is 51.0 Å². The number of carbonyl (C=O) groups excluding carboxylic acids is 1. The molecule has 10 heteroatoms. The minimum atomic E-state index is -0.777. The van der Waals surface area contributed by atoms with Crippen molar-refractivity contribution in [2.24, 2.45) is 0 Å². The number of aromatic nitrogens is 1. The summed E-state index contributed by atoms with van der Waals surface area (Å²) < 4.78 is 43.2. The third kappa shape index (κ3) is 4.80. The van der Waals surface area contributed by atoms with Crippen molar-refractivity contribution in [1.82, 2.24) is 15.2 Å². The lowest BCUT2D eigenvalue weighted by atomic mass is 10.1. The number of hydrogen-bond acceptors (Lipinski definition) is 5. The van der Waals surface area contributed by atoms with Gasteiger partial charge in [-0.05, 0) is 25.1 Å². The van der Waals surface area contributed by atoms with Crippen molar-refractivity contribution in [3.8, 4) is 6.07 Å². The monoisotopic (exact) mass is 418 g/mol. The summed E-state index contributed by atoms with van der Waals surface area (Å²) in [6.07, 6.45) is 1.41. The molecule has 2 aromatic rings. The zero-order chi connectivity index (χ0) is 21.7. The largest absolute Gasteiger partial charge is 0.364 e. The smallest absolute Gasteiger partial charge is 0.320 e. The van der Waals surface area contributed by atoms with Crippen LogP contribution in [0.5, 0.6) is 0 Å². The van der Waals surface area contributed by atoms with Gasteiger partial charge in [-0.15, -0.1) is 0 Å². The summed E-state index contributed by atoms with van der Waals surface area (Å²) in [5, 5.41) is 13.7. The van der Waals surface area contributed by atoms with E-state index in [4.69, 9.17) is 5.26 Å². The number of pyridine rings is 1. The summed E-state index contributed by atoms with van der Waals surface area (Å²) in [5.74, 6) is -2.32. The van der Waals surface area contributed by atoms with Crippen LogP contribution in [0.4, 0.5) is 29.5 Å². The summed E-state index contributed by atoms with van der Waals surface area (Å²) in [5.41, 5.74) is 0.135. The number of halogens is 3. The van der Waals surface area contributed by atoms with E-state index in [-0.39, 0.29) is 23.6 Å². The number of hydrogen-bond donors (Lipinski definition) is 2. The molecule has 158 valence electrons. The Bertz CT molecular complexity index is 946. The molecule has 0 aliphatic carbocycles. The maximum Gasteiger partial charge on any atom is 0.320 e. The molecule has 1 saturated heterocycles. The lowest BCUT2D eigenvalue weighted by Gasteiger charge is -2.36. The standard InChI is InChI=1S/C20H21F3N6O/c1-2-25-20(30)27-19-17(23)14(3-4-26-19)12-28-5-7-29(8-6-28)18-15(21)9-13(11-24)10-16(18)22/h3-4,9-10H,2,5-8,12H2,1H3,(H2,25,26,27,30). The van der Waals surface area contributed by atoms with Crippen LogP contribution >= 0.6 is 0 Å². The van der Waals surface area contributed by atoms with Crippen LogP contribution in [0.2, 0.25) is 0 Å². The number of carbonyl (C=O) groups is 1. The molecule has 0 spiro atoms. The fraction of sp³-hybridized carbons (Fsp3) is 0.350. The first kappa shape index (κ1) is 21.4. The third-order valence-electron chi connectivity index (χ3n) is 4.77. The van der Waals surface area contributed by atoms with Crippen molar-refractivity contribution in [3.05, 3.63) is 53.0 Å². The van der Waals surface area contributed by atoms with Gasteiger partial charge in [0.15, 0.2) is 23.3 Å². The maximum absolute atomic E-state index is 14.7. The Morgan fingerprint density at radius 2 is 1.87 bits per heavy atom. The molecule has 3 rings (SSSR count). The fourth-order valence-electron chi connectivity index (χ4n) is 3.31. The number of urea groups is 1. The number of amides is 2. The molecule has 7 nitrogen and oxygen atoms in total. The number of nitrogens with zero attached hydrogens (tertiary/aromatic N) is 4. The Labute approximate surface area is 172 Å². The van der Waals surface area contributed by atoms with E-state index in [1.54, 1.807) is 17.9 Å². The minimum Gasteiger partial charge on any atom is -0.364 e. The predicted molar refractivity (Wildman–Crippen MR) is 105 cm³/mol. The molecule has 1 aliphatic rings. The molecule has 1 aromatic heterocycles.